The Morgan fingerprint density at radius 1 is 1.18 bits per heavy atom. The predicted octanol–water partition coefficient (Wildman–Crippen LogP) is 4.10. The maximum Gasteiger partial charge on any atom is 0.125 e. The monoisotopic (exact) mass is 249 g/mol. The average molecular weight is 250 g/mol. The summed E-state index contributed by atoms with van der Waals surface area (Å²) in [5, 5.41) is 4.09. The molecule has 0 amide bonds. The fourth-order valence-corrected chi connectivity index (χ4v) is 1.93. The van der Waals surface area contributed by atoms with E-state index in [2.05, 4.69) is 19.2 Å². The van der Waals surface area contributed by atoms with Crippen LogP contribution >= 0.6 is 11.6 Å². The summed E-state index contributed by atoms with van der Waals surface area (Å²) in [6.45, 7) is 4.93. The molecule has 0 fully saturated rings. The van der Waals surface area contributed by atoms with Gasteiger partial charge in [-0.2, -0.15) is 0 Å². The van der Waals surface area contributed by atoms with Crippen LogP contribution in [-0.2, 0) is 6.54 Å². The Bertz CT molecular complexity index is 490. The minimum Gasteiger partial charge on any atom is -0.467 e. The van der Waals surface area contributed by atoms with Crippen LogP contribution in [0.15, 0.2) is 41.0 Å². The van der Waals surface area contributed by atoms with E-state index in [0.29, 0.717) is 12.6 Å². The molecule has 1 aromatic heterocycles. The standard InChI is InChI=1S/C14H16ClNO/c1-10(2)16-9-14-12(7-8-17-14)11-5-3-4-6-13(11)15/h3-8,10,16H,9H2,1-2H3. The summed E-state index contributed by atoms with van der Waals surface area (Å²) in [7, 11) is 0. The lowest BCUT2D eigenvalue weighted by Crippen LogP contribution is -2.21. The maximum atomic E-state index is 6.19. The Kier molecular flexibility index (Phi) is 3.87. The molecule has 0 saturated carbocycles. The first-order valence-corrected chi connectivity index (χ1v) is 6.11. The minimum atomic E-state index is 0.430. The zero-order valence-corrected chi connectivity index (χ0v) is 10.8. The molecule has 17 heavy (non-hydrogen) atoms. The fraction of sp³-hybridized carbons (Fsp3) is 0.286. The summed E-state index contributed by atoms with van der Waals surface area (Å²) in [6, 6.07) is 10.2. The Hall–Kier alpha value is -1.25. The van der Waals surface area contributed by atoms with Gasteiger partial charge in [-0.25, -0.2) is 0 Å². The summed E-state index contributed by atoms with van der Waals surface area (Å²) >= 11 is 6.19. The highest BCUT2D eigenvalue weighted by Crippen LogP contribution is 2.30. The molecular weight excluding hydrogens is 234 g/mol. The van der Waals surface area contributed by atoms with Gasteiger partial charge >= 0.3 is 0 Å². The quantitative estimate of drug-likeness (QED) is 0.883. The molecule has 0 aliphatic carbocycles. The number of furan rings is 1. The normalized spacial score (nSPS) is 11.1. The highest BCUT2D eigenvalue weighted by atomic mass is 35.5. The van der Waals surface area contributed by atoms with E-state index in [1.54, 1.807) is 6.26 Å². The fourth-order valence-electron chi connectivity index (χ4n) is 1.69. The van der Waals surface area contributed by atoms with E-state index in [9.17, 15) is 0 Å². The molecule has 1 heterocycles. The molecule has 3 heteroatoms. The SMILES string of the molecule is CC(C)NCc1occc1-c1ccccc1Cl. The third kappa shape index (κ3) is 2.90. The van der Waals surface area contributed by atoms with Crippen LogP contribution in [0.25, 0.3) is 11.1 Å². The summed E-state index contributed by atoms with van der Waals surface area (Å²) < 4.78 is 5.50. The molecule has 2 nitrogen and oxygen atoms in total. The second-order valence-corrected chi connectivity index (χ2v) is 4.68. The van der Waals surface area contributed by atoms with Crippen LogP contribution < -0.4 is 5.32 Å². The van der Waals surface area contributed by atoms with Crippen molar-refractivity contribution in [1.82, 2.24) is 5.32 Å². The molecule has 0 spiro atoms. The molecule has 1 aromatic carbocycles. The molecule has 0 unspecified atom stereocenters. The second kappa shape index (κ2) is 5.39. The predicted molar refractivity (Wildman–Crippen MR) is 71.1 cm³/mol. The van der Waals surface area contributed by atoms with Crippen molar-refractivity contribution in [2.24, 2.45) is 0 Å². The second-order valence-electron chi connectivity index (χ2n) is 4.27. The van der Waals surface area contributed by atoms with E-state index in [1.165, 1.54) is 0 Å². The van der Waals surface area contributed by atoms with Crippen molar-refractivity contribution in [2.45, 2.75) is 26.4 Å². The number of hydrogen-bond donors (Lipinski definition) is 1. The molecule has 0 atom stereocenters. The number of nitrogens with one attached hydrogen (secondary N) is 1. The van der Waals surface area contributed by atoms with Gasteiger partial charge < -0.3 is 9.73 Å². The molecule has 0 radical (unpaired) electrons. The van der Waals surface area contributed by atoms with Crippen molar-refractivity contribution >= 4 is 11.6 Å². The van der Waals surface area contributed by atoms with E-state index >= 15 is 0 Å². The van der Waals surface area contributed by atoms with Crippen molar-refractivity contribution in [3.8, 4) is 11.1 Å². The lowest BCUT2D eigenvalue weighted by atomic mass is 10.1. The van der Waals surface area contributed by atoms with Gasteiger partial charge in [-0.05, 0) is 12.1 Å². The molecule has 1 N–H and O–H groups in total. The summed E-state index contributed by atoms with van der Waals surface area (Å²) in [5.74, 6) is 0.923. The van der Waals surface area contributed by atoms with Gasteiger partial charge in [0.25, 0.3) is 0 Å². The smallest absolute Gasteiger partial charge is 0.125 e. The molecule has 2 rings (SSSR count). The molecular formula is C14H16ClNO. The van der Waals surface area contributed by atoms with Gasteiger partial charge in [0.2, 0.25) is 0 Å². The molecule has 0 bridgehead atoms. The molecule has 0 aliphatic heterocycles. The first-order chi connectivity index (χ1) is 8.18. The Morgan fingerprint density at radius 2 is 1.94 bits per heavy atom. The maximum absolute atomic E-state index is 6.19. The van der Waals surface area contributed by atoms with Crippen molar-refractivity contribution in [2.75, 3.05) is 0 Å². The lowest BCUT2D eigenvalue weighted by molar-refractivity contribution is 0.466. The first kappa shape index (κ1) is 12.2. The summed E-state index contributed by atoms with van der Waals surface area (Å²) in [6.07, 6.45) is 1.70. The van der Waals surface area contributed by atoms with Crippen LogP contribution in [0.1, 0.15) is 19.6 Å². The van der Waals surface area contributed by atoms with Crippen LogP contribution in [0, 0.1) is 0 Å². The van der Waals surface area contributed by atoms with E-state index in [0.717, 1.165) is 21.9 Å². The Labute approximate surface area is 107 Å². The Morgan fingerprint density at radius 3 is 2.65 bits per heavy atom. The zero-order valence-electron chi connectivity index (χ0n) is 10.0. The van der Waals surface area contributed by atoms with Gasteiger partial charge in [0.05, 0.1) is 12.8 Å². The van der Waals surface area contributed by atoms with Crippen molar-refractivity contribution < 1.29 is 4.42 Å². The third-order valence-electron chi connectivity index (χ3n) is 2.58. The van der Waals surface area contributed by atoms with Crippen LogP contribution in [0.3, 0.4) is 0 Å². The van der Waals surface area contributed by atoms with Crippen LogP contribution in [-0.4, -0.2) is 6.04 Å². The number of halogens is 1. The lowest BCUT2D eigenvalue weighted by Gasteiger charge is -2.08. The van der Waals surface area contributed by atoms with Gasteiger partial charge in [-0.15, -0.1) is 0 Å². The number of benzene rings is 1. The molecule has 2 aromatic rings. The van der Waals surface area contributed by atoms with Gasteiger partial charge in [0, 0.05) is 22.2 Å². The zero-order chi connectivity index (χ0) is 12.3. The van der Waals surface area contributed by atoms with Crippen LogP contribution in [0.4, 0.5) is 0 Å². The van der Waals surface area contributed by atoms with Crippen molar-refractivity contribution in [3.05, 3.63) is 47.4 Å². The van der Waals surface area contributed by atoms with Gasteiger partial charge in [0.1, 0.15) is 5.76 Å². The Balaban J connectivity index is 2.28. The number of hydrogen-bond acceptors (Lipinski definition) is 2. The van der Waals surface area contributed by atoms with Crippen LogP contribution in [0.5, 0.6) is 0 Å². The summed E-state index contributed by atoms with van der Waals surface area (Å²) in [5.41, 5.74) is 2.08. The van der Waals surface area contributed by atoms with Crippen molar-refractivity contribution in [1.29, 1.82) is 0 Å². The van der Waals surface area contributed by atoms with E-state index in [1.807, 2.05) is 30.3 Å². The molecule has 90 valence electrons. The third-order valence-corrected chi connectivity index (χ3v) is 2.91. The summed E-state index contributed by atoms with van der Waals surface area (Å²) in [4.78, 5) is 0. The highest BCUT2D eigenvalue weighted by molar-refractivity contribution is 6.33. The van der Waals surface area contributed by atoms with E-state index < -0.39 is 0 Å². The van der Waals surface area contributed by atoms with Gasteiger partial charge in [-0.1, -0.05) is 43.6 Å². The van der Waals surface area contributed by atoms with E-state index in [-0.39, 0.29) is 0 Å². The van der Waals surface area contributed by atoms with E-state index in [4.69, 9.17) is 16.0 Å². The largest absolute Gasteiger partial charge is 0.467 e. The molecule has 0 aliphatic rings. The van der Waals surface area contributed by atoms with Gasteiger partial charge in [-0.3, -0.25) is 0 Å². The molecule has 0 saturated heterocycles. The van der Waals surface area contributed by atoms with Crippen LogP contribution in [0.2, 0.25) is 5.02 Å². The highest BCUT2D eigenvalue weighted by Gasteiger charge is 2.11. The van der Waals surface area contributed by atoms with Crippen molar-refractivity contribution in [3.63, 3.8) is 0 Å². The van der Waals surface area contributed by atoms with Gasteiger partial charge in [0.15, 0.2) is 0 Å². The number of rotatable bonds is 4. The topological polar surface area (TPSA) is 25.2 Å². The average Bonchev–Trinajstić information content (AvgIpc) is 2.75. The minimum absolute atomic E-state index is 0.430. The first-order valence-electron chi connectivity index (χ1n) is 5.73.